The van der Waals surface area contributed by atoms with E-state index in [0.717, 1.165) is 29.7 Å². The minimum Gasteiger partial charge on any atom is -0.478 e. The molecule has 138 valence electrons. The van der Waals surface area contributed by atoms with Crippen LogP contribution in [0.5, 0.6) is 0 Å². The zero-order valence-corrected chi connectivity index (χ0v) is 15.5. The topological polar surface area (TPSA) is 110 Å². The van der Waals surface area contributed by atoms with Gasteiger partial charge in [0.2, 0.25) is 0 Å². The molecular formula is C17H17NO6S2. The Morgan fingerprint density at radius 1 is 1.27 bits per heavy atom. The van der Waals surface area contributed by atoms with E-state index in [9.17, 15) is 18.0 Å². The molecule has 2 aromatic rings. The van der Waals surface area contributed by atoms with Gasteiger partial charge in [-0.15, -0.1) is 11.3 Å². The van der Waals surface area contributed by atoms with Crippen LogP contribution in [0.2, 0.25) is 0 Å². The molecule has 0 saturated heterocycles. The number of thiophene rings is 1. The second-order valence-electron chi connectivity index (χ2n) is 5.82. The first kappa shape index (κ1) is 18.4. The lowest BCUT2D eigenvalue weighted by Crippen LogP contribution is -2.16. The fourth-order valence-electron chi connectivity index (χ4n) is 2.51. The van der Waals surface area contributed by atoms with Crippen molar-refractivity contribution in [2.24, 2.45) is 0 Å². The standard InChI is InChI=1S/C17H17NO6S2/c1-2-24-17(21)14-13(10-3-4-10)9-25-15(14)18-26(22,23)12-7-5-11(6-8-12)16(19)20/h5-10,18H,2-4H2,1H3,(H,19,20). The van der Waals surface area contributed by atoms with Crippen LogP contribution in [-0.2, 0) is 14.8 Å². The van der Waals surface area contributed by atoms with E-state index >= 15 is 0 Å². The molecule has 0 radical (unpaired) electrons. The van der Waals surface area contributed by atoms with Crippen LogP contribution >= 0.6 is 11.3 Å². The Morgan fingerprint density at radius 2 is 1.92 bits per heavy atom. The Labute approximate surface area is 154 Å². The van der Waals surface area contributed by atoms with Crippen molar-refractivity contribution >= 4 is 38.3 Å². The van der Waals surface area contributed by atoms with Gasteiger partial charge in [0.05, 0.1) is 22.6 Å². The van der Waals surface area contributed by atoms with Crippen molar-refractivity contribution in [1.29, 1.82) is 0 Å². The highest BCUT2D eigenvalue weighted by atomic mass is 32.2. The first-order chi connectivity index (χ1) is 12.3. The molecule has 1 heterocycles. The van der Waals surface area contributed by atoms with Crippen LogP contribution in [0.1, 0.15) is 52.0 Å². The summed E-state index contributed by atoms with van der Waals surface area (Å²) in [6, 6.07) is 4.86. The molecule has 0 unspecified atom stereocenters. The summed E-state index contributed by atoms with van der Waals surface area (Å²) in [5, 5.41) is 10.9. The van der Waals surface area contributed by atoms with E-state index < -0.39 is 22.0 Å². The Morgan fingerprint density at radius 3 is 2.46 bits per heavy atom. The third-order valence-corrected chi connectivity index (χ3v) is 6.36. The van der Waals surface area contributed by atoms with E-state index in [1.807, 2.05) is 0 Å². The number of carbonyl (C=O) groups excluding carboxylic acids is 1. The number of hydrogen-bond acceptors (Lipinski definition) is 6. The van der Waals surface area contributed by atoms with Crippen LogP contribution in [0.15, 0.2) is 34.5 Å². The maximum absolute atomic E-state index is 12.6. The molecule has 0 spiro atoms. The predicted octanol–water partition coefficient (Wildman–Crippen LogP) is 3.30. The van der Waals surface area contributed by atoms with Crippen LogP contribution in [0.4, 0.5) is 5.00 Å². The summed E-state index contributed by atoms with van der Waals surface area (Å²) in [6.45, 7) is 1.89. The lowest BCUT2D eigenvalue weighted by atomic mass is 10.1. The van der Waals surface area contributed by atoms with E-state index in [2.05, 4.69) is 4.72 Å². The highest BCUT2D eigenvalue weighted by molar-refractivity contribution is 7.93. The summed E-state index contributed by atoms with van der Waals surface area (Å²) >= 11 is 1.14. The molecule has 0 atom stereocenters. The number of carboxylic acid groups (broad SMARTS) is 1. The first-order valence-corrected chi connectivity index (χ1v) is 10.3. The average Bonchev–Trinajstić information content (AvgIpc) is 3.36. The van der Waals surface area contributed by atoms with Gasteiger partial charge in [-0.25, -0.2) is 18.0 Å². The molecule has 0 amide bonds. The number of nitrogens with one attached hydrogen (secondary N) is 1. The van der Waals surface area contributed by atoms with Crippen LogP contribution in [0, 0.1) is 0 Å². The van der Waals surface area contributed by atoms with E-state index in [0.29, 0.717) is 0 Å². The summed E-state index contributed by atoms with van der Waals surface area (Å²) < 4.78 is 32.7. The van der Waals surface area contributed by atoms with Gasteiger partial charge in [-0.2, -0.15) is 0 Å². The van der Waals surface area contributed by atoms with Crippen LogP contribution < -0.4 is 4.72 Å². The van der Waals surface area contributed by atoms with Crippen molar-refractivity contribution in [3.05, 3.63) is 46.3 Å². The average molecular weight is 395 g/mol. The molecule has 0 aliphatic heterocycles. The maximum atomic E-state index is 12.6. The molecule has 1 fully saturated rings. The summed E-state index contributed by atoms with van der Waals surface area (Å²) in [6.07, 6.45) is 1.93. The minimum atomic E-state index is -3.96. The van der Waals surface area contributed by atoms with Crippen LogP contribution in [0.3, 0.4) is 0 Å². The van der Waals surface area contributed by atoms with Crippen LogP contribution in [0.25, 0.3) is 0 Å². The second-order valence-corrected chi connectivity index (χ2v) is 8.39. The fourth-order valence-corrected chi connectivity index (χ4v) is 4.87. The van der Waals surface area contributed by atoms with Gasteiger partial charge >= 0.3 is 11.9 Å². The summed E-state index contributed by atoms with van der Waals surface area (Å²) in [5.74, 6) is -1.42. The van der Waals surface area contributed by atoms with Gasteiger partial charge in [-0.05, 0) is 60.9 Å². The molecule has 9 heteroatoms. The number of ether oxygens (including phenoxy) is 1. The number of anilines is 1. The number of rotatable bonds is 7. The van der Waals surface area contributed by atoms with Gasteiger partial charge < -0.3 is 9.84 Å². The Kier molecular flexibility index (Phi) is 5.01. The van der Waals surface area contributed by atoms with Gasteiger partial charge in [-0.1, -0.05) is 0 Å². The molecule has 7 nitrogen and oxygen atoms in total. The number of aromatic carboxylic acids is 1. The zero-order chi connectivity index (χ0) is 18.9. The zero-order valence-electron chi connectivity index (χ0n) is 13.9. The Hall–Kier alpha value is -2.39. The van der Waals surface area contributed by atoms with Crippen molar-refractivity contribution in [2.75, 3.05) is 11.3 Å². The Bertz CT molecular complexity index is 942. The van der Waals surface area contributed by atoms with Gasteiger partial charge in [0.1, 0.15) is 5.00 Å². The monoisotopic (exact) mass is 395 g/mol. The summed E-state index contributed by atoms with van der Waals surface area (Å²) in [5.41, 5.74) is 1.07. The first-order valence-electron chi connectivity index (χ1n) is 7.98. The highest BCUT2D eigenvalue weighted by Crippen LogP contribution is 2.46. The van der Waals surface area contributed by atoms with Gasteiger partial charge in [0.25, 0.3) is 10.0 Å². The summed E-state index contributed by atoms with van der Waals surface area (Å²) in [7, 11) is -3.96. The predicted molar refractivity (Wildman–Crippen MR) is 96.5 cm³/mol. The highest BCUT2D eigenvalue weighted by Gasteiger charge is 2.33. The fraction of sp³-hybridized carbons (Fsp3) is 0.294. The van der Waals surface area contributed by atoms with Crippen molar-refractivity contribution in [2.45, 2.75) is 30.6 Å². The van der Waals surface area contributed by atoms with E-state index in [-0.39, 0.29) is 33.5 Å². The molecular weight excluding hydrogens is 378 g/mol. The molecule has 1 aromatic heterocycles. The smallest absolute Gasteiger partial charge is 0.341 e. The third kappa shape index (κ3) is 3.73. The molecule has 1 aliphatic rings. The van der Waals surface area contributed by atoms with Crippen molar-refractivity contribution in [3.63, 3.8) is 0 Å². The second kappa shape index (κ2) is 7.08. The lowest BCUT2D eigenvalue weighted by molar-refractivity contribution is 0.0526. The van der Waals surface area contributed by atoms with Crippen molar-refractivity contribution < 1.29 is 27.9 Å². The van der Waals surface area contributed by atoms with E-state index in [1.165, 1.54) is 24.3 Å². The quantitative estimate of drug-likeness (QED) is 0.696. The van der Waals surface area contributed by atoms with Crippen molar-refractivity contribution in [1.82, 2.24) is 0 Å². The van der Waals surface area contributed by atoms with Gasteiger partial charge in [0, 0.05) is 0 Å². The minimum absolute atomic E-state index is 0.0108. The molecule has 1 aromatic carbocycles. The normalized spacial score (nSPS) is 14.0. The maximum Gasteiger partial charge on any atom is 0.341 e. The molecule has 1 saturated carbocycles. The number of benzene rings is 1. The van der Waals surface area contributed by atoms with E-state index in [1.54, 1.807) is 12.3 Å². The van der Waals surface area contributed by atoms with Gasteiger partial charge in [-0.3, -0.25) is 4.72 Å². The molecule has 26 heavy (non-hydrogen) atoms. The number of sulfonamides is 1. The summed E-state index contributed by atoms with van der Waals surface area (Å²) in [4.78, 5) is 23.1. The molecule has 3 rings (SSSR count). The number of esters is 1. The molecule has 0 bridgehead atoms. The number of hydrogen-bond donors (Lipinski definition) is 2. The number of carbonyl (C=O) groups is 2. The molecule has 1 aliphatic carbocycles. The SMILES string of the molecule is CCOC(=O)c1c(C2CC2)csc1NS(=O)(=O)c1ccc(C(=O)O)cc1. The largest absolute Gasteiger partial charge is 0.478 e. The molecule has 2 N–H and O–H groups in total. The lowest BCUT2D eigenvalue weighted by Gasteiger charge is -2.10. The van der Waals surface area contributed by atoms with Gasteiger partial charge in [0.15, 0.2) is 0 Å². The van der Waals surface area contributed by atoms with E-state index in [4.69, 9.17) is 9.84 Å². The number of carboxylic acids is 1. The Balaban J connectivity index is 1.92. The van der Waals surface area contributed by atoms with Crippen LogP contribution in [-0.4, -0.2) is 32.1 Å². The van der Waals surface area contributed by atoms with Crippen molar-refractivity contribution in [3.8, 4) is 0 Å². The third-order valence-electron chi connectivity index (χ3n) is 3.95.